The maximum atomic E-state index is 11.0. The van der Waals surface area contributed by atoms with Crippen LogP contribution in [-0.2, 0) is 0 Å². The Morgan fingerprint density at radius 2 is 2.21 bits per heavy atom. The molecule has 1 aliphatic rings. The minimum Gasteiger partial charge on any atom is -0.477 e. The molecule has 1 N–H and O–H groups in total. The molecule has 0 aliphatic heterocycles. The van der Waals surface area contributed by atoms with Crippen LogP contribution in [0.25, 0.3) is 0 Å². The minimum absolute atomic E-state index is 0.199. The lowest BCUT2D eigenvalue weighted by Gasteiger charge is -2.00. The normalized spacial score (nSPS) is 16.2. The molecule has 3 nitrogen and oxygen atoms in total. The molecule has 0 unspecified atom stereocenters. The Morgan fingerprint density at radius 1 is 1.57 bits per heavy atom. The molecule has 1 aromatic heterocycles. The van der Waals surface area contributed by atoms with Gasteiger partial charge in [0.15, 0.2) is 0 Å². The second-order valence-electron chi connectivity index (χ2n) is 4.00. The van der Waals surface area contributed by atoms with Gasteiger partial charge in [0, 0.05) is 5.92 Å². The van der Waals surface area contributed by atoms with Gasteiger partial charge in [-0.25, -0.2) is 9.78 Å². The molecule has 1 fully saturated rings. The Balaban J connectivity index is 2.39. The predicted molar refractivity (Wildman–Crippen MR) is 55.1 cm³/mol. The van der Waals surface area contributed by atoms with Crippen molar-refractivity contribution in [3.8, 4) is 0 Å². The van der Waals surface area contributed by atoms with Crippen molar-refractivity contribution in [2.45, 2.75) is 38.5 Å². The SMILES string of the molecule is CC(C)c1nc(C2CC2)sc1C(=O)O. The van der Waals surface area contributed by atoms with Gasteiger partial charge in [0.05, 0.1) is 10.7 Å². The van der Waals surface area contributed by atoms with E-state index >= 15 is 0 Å². The summed E-state index contributed by atoms with van der Waals surface area (Å²) in [5, 5.41) is 10.0. The molecule has 0 radical (unpaired) electrons. The van der Waals surface area contributed by atoms with Crippen LogP contribution in [0.4, 0.5) is 0 Å². The zero-order valence-corrected chi connectivity index (χ0v) is 9.10. The number of carbonyl (C=O) groups is 1. The summed E-state index contributed by atoms with van der Waals surface area (Å²) < 4.78 is 0. The van der Waals surface area contributed by atoms with Gasteiger partial charge < -0.3 is 5.11 Å². The molecule has 76 valence electrons. The number of carboxylic acids is 1. The van der Waals surface area contributed by atoms with Crippen LogP contribution in [0.2, 0.25) is 0 Å². The topological polar surface area (TPSA) is 50.2 Å². The fourth-order valence-corrected chi connectivity index (χ4v) is 2.63. The second-order valence-corrected chi connectivity index (χ2v) is 5.03. The Kier molecular flexibility index (Phi) is 2.31. The first-order valence-electron chi connectivity index (χ1n) is 4.83. The van der Waals surface area contributed by atoms with Crippen molar-refractivity contribution in [3.63, 3.8) is 0 Å². The smallest absolute Gasteiger partial charge is 0.347 e. The highest BCUT2D eigenvalue weighted by Gasteiger charge is 2.30. The maximum Gasteiger partial charge on any atom is 0.347 e. The van der Waals surface area contributed by atoms with Crippen molar-refractivity contribution in [2.75, 3.05) is 0 Å². The summed E-state index contributed by atoms with van der Waals surface area (Å²) >= 11 is 1.36. The number of rotatable bonds is 3. The first-order chi connectivity index (χ1) is 6.59. The van der Waals surface area contributed by atoms with Crippen LogP contribution >= 0.6 is 11.3 Å². The predicted octanol–water partition coefficient (Wildman–Crippen LogP) is 2.84. The van der Waals surface area contributed by atoms with Gasteiger partial charge in [0.25, 0.3) is 0 Å². The first-order valence-corrected chi connectivity index (χ1v) is 5.65. The number of aromatic nitrogens is 1. The lowest BCUT2D eigenvalue weighted by atomic mass is 10.1. The van der Waals surface area contributed by atoms with E-state index in [1.165, 1.54) is 24.2 Å². The molecule has 2 rings (SSSR count). The number of hydrogen-bond acceptors (Lipinski definition) is 3. The van der Waals surface area contributed by atoms with Crippen LogP contribution < -0.4 is 0 Å². The van der Waals surface area contributed by atoms with Gasteiger partial charge >= 0.3 is 5.97 Å². The van der Waals surface area contributed by atoms with Gasteiger partial charge in [-0.3, -0.25) is 0 Å². The second kappa shape index (κ2) is 3.35. The van der Waals surface area contributed by atoms with Gasteiger partial charge in [-0.15, -0.1) is 11.3 Å². The third-order valence-corrected chi connectivity index (χ3v) is 3.56. The molecular formula is C10H13NO2S. The van der Waals surface area contributed by atoms with Crippen LogP contribution in [0.5, 0.6) is 0 Å². The molecule has 0 spiro atoms. The molecule has 4 heteroatoms. The number of nitrogens with zero attached hydrogens (tertiary/aromatic N) is 1. The zero-order valence-electron chi connectivity index (χ0n) is 8.28. The molecule has 0 saturated heterocycles. The quantitative estimate of drug-likeness (QED) is 0.836. The maximum absolute atomic E-state index is 11.0. The molecule has 0 amide bonds. The zero-order chi connectivity index (χ0) is 10.3. The fourth-order valence-electron chi connectivity index (χ4n) is 1.40. The first kappa shape index (κ1) is 9.65. The fraction of sp³-hybridized carbons (Fsp3) is 0.600. The molecule has 1 saturated carbocycles. The van der Waals surface area contributed by atoms with E-state index in [9.17, 15) is 4.79 Å². The van der Waals surface area contributed by atoms with Crippen LogP contribution in [0.3, 0.4) is 0 Å². The number of thiazole rings is 1. The standard InChI is InChI=1S/C10H13NO2S/c1-5(2)7-8(10(12)13)14-9(11-7)6-3-4-6/h5-6H,3-4H2,1-2H3,(H,12,13). The summed E-state index contributed by atoms with van der Waals surface area (Å²) in [5.41, 5.74) is 0.754. The summed E-state index contributed by atoms with van der Waals surface area (Å²) in [4.78, 5) is 15.8. The van der Waals surface area contributed by atoms with E-state index in [1.54, 1.807) is 0 Å². The largest absolute Gasteiger partial charge is 0.477 e. The molecule has 1 heterocycles. The number of carboxylic acid groups (broad SMARTS) is 1. The van der Waals surface area contributed by atoms with E-state index in [-0.39, 0.29) is 5.92 Å². The van der Waals surface area contributed by atoms with E-state index in [2.05, 4.69) is 4.98 Å². The lowest BCUT2D eigenvalue weighted by Crippen LogP contribution is -2.00. The van der Waals surface area contributed by atoms with E-state index in [0.717, 1.165) is 10.7 Å². The van der Waals surface area contributed by atoms with Gasteiger partial charge in [0.1, 0.15) is 4.88 Å². The summed E-state index contributed by atoms with van der Waals surface area (Å²) in [6.45, 7) is 3.97. The third kappa shape index (κ3) is 1.66. The average molecular weight is 211 g/mol. The lowest BCUT2D eigenvalue weighted by molar-refractivity contribution is 0.0700. The van der Waals surface area contributed by atoms with E-state index in [1.807, 2.05) is 13.8 Å². The van der Waals surface area contributed by atoms with E-state index in [0.29, 0.717) is 10.8 Å². The number of aromatic carboxylic acids is 1. The van der Waals surface area contributed by atoms with Crippen molar-refractivity contribution in [1.82, 2.24) is 4.98 Å². The van der Waals surface area contributed by atoms with Gasteiger partial charge in [-0.1, -0.05) is 13.8 Å². The average Bonchev–Trinajstić information content (AvgIpc) is 2.83. The van der Waals surface area contributed by atoms with Gasteiger partial charge in [-0.05, 0) is 18.8 Å². The molecule has 1 aliphatic carbocycles. The van der Waals surface area contributed by atoms with Crippen molar-refractivity contribution >= 4 is 17.3 Å². The Labute approximate surface area is 86.8 Å². The molecule has 1 aromatic rings. The van der Waals surface area contributed by atoms with Crippen molar-refractivity contribution < 1.29 is 9.90 Å². The summed E-state index contributed by atoms with van der Waals surface area (Å²) in [7, 11) is 0. The van der Waals surface area contributed by atoms with E-state index in [4.69, 9.17) is 5.11 Å². The monoisotopic (exact) mass is 211 g/mol. The highest BCUT2D eigenvalue weighted by molar-refractivity contribution is 7.13. The van der Waals surface area contributed by atoms with E-state index < -0.39 is 5.97 Å². The van der Waals surface area contributed by atoms with Gasteiger partial charge in [0.2, 0.25) is 0 Å². The minimum atomic E-state index is -0.835. The Hall–Kier alpha value is -0.900. The van der Waals surface area contributed by atoms with Gasteiger partial charge in [-0.2, -0.15) is 0 Å². The highest BCUT2D eigenvalue weighted by atomic mass is 32.1. The van der Waals surface area contributed by atoms with Crippen molar-refractivity contribution in [1.29, 1.82) is 0 Å². The van der Waals surface area contributed by atoms with Crippen LogP contribution in [0.15, 0.2) is 0 Å². The Morgan fingerprint density at radius 3 is 2.57 bits per heavy atom. The van der Waals surface area contributed by atoms with Crippen LogP contribution in [0.1, 0.15) is 58.9 Å². The summed E-state index contributed by atoms with van der Waals surface area (Å²) in [5.74, 6) is -0.0893. The summed E-state index contributed by atoms with van der Waals surface area (Å²) in [6, 6.07) is 0. The van der Waals surface area contributed by atoms with Crippen molar-refractivity contribution in [2.24, 2.45) is 0 Å². The molecule has 0 aromatic carbocycles. The molecule has 14 heavy (non-hydrogen) atoms. The summed E-state index contributed by atoms with van der Waals surface area (Å²) in [6.07, 6.45) is 2.34. The van der Waals surface area contributed by atoms with Crippen LogP contribution in [-0.4, -0.2) is 16.1 Å². The molecular weight excluding hydrogens is 198 g/mol. The Bertz CT molecular complexity index is 366. The molecule has 0 atom stereocenters. The number of hydrogen-bond donors (Lipinski definition) is 1. The van der Waals surface area contributed by atoms with Crippen LogP contribution in [0, 0.1) is 0 Å². The third-order valence-electron chi connectivity index (χ3n) is 2.34. The molecule has 0 bridgehead atoms. The van der Waals surface area contributed by atoms with Crippen molar-refractivity contribution in [3.05, 3.63) is 15.6 Å². The highest BCUT2D eigenvalue weighted by Crippen LogP contribution is 2.43.